The van der Waals surface area contributed by atoms with Gasteiger partial charge in [0.25, 0.3) is 0 Å². The number of hydrogen-bond acceptors (Lipinski definition) is 3. The number of hydrogen-bond donors (Lipinski definition) is 2. The number of benzene rings is 1. The van der Waals surface area contributed by atoms with E-state index in [2.05, 4.69) is 12.2 Å². The highest BCUT2D eigenvalue weighted by atomic mass is 16.5. The van der Waals surface area contributed by atoms with Crippen molar-refractivity contribution < 1.29 is 4.74 Å². The molecular weight excluding hydrogens is 188 g/mol. The molecule has 3 N–H and O–H groups in total. The van der Waals surface area contributed by atoms with Crippen LogP contribution in [0.3, 0.4) is 0 Å². The van der Waals surface area contributed by atoms with E-state index in [1.165, 1.54) is 0 Å². The Morgan fingerprint density at radius 2 is 2.00 bits per heavy atom. The van der Waals surface area contributed by atoms with Gasteiger partial charge in [-0.25, -0.2) is 0 Å². The van der Waals surface area contributed by atoms with Crippen molar-refractivity contribution in [1.29, 1.82) is 0 Å². The summed E-state index contributed by atoms with van der Waals surface area (Å²) >= 11 is 0. The quantitative estimate of drug-likeness (QED) is 0.753. The minimum atomic E-state index is 0.168. The van der Waals surface area contributed by atoms with Crippen molar-refractivity contribution in [2.45, 2.75) is 26.3 Å². The second-order valence-corrected chi connectivity index (χ2v) is 3.73. The van der Waals surface area contributed by atoms with Crippen LogP contribution >= 0.6 is 0 Å². The molecule has 0 bridgehead atoms. The predicted molar refractivity (Wildman–Crippen MR) is 64.4 cm³/mol. The first-order valence-electron chi connectivity index (χ1n) is 5.44. The zero-order chi connectivity index (χ0) is 11.1. The third-order valence-electron chi connectivity index (χ3n) is 1.96. The monoisotopic (exact) mass is 208 g/mol. The van der Waals surface area contributed by atoms with E-state index >= 15 is 0 Å². The molecule has 1 aromatic carbocycles. The molecule has 84 valence electrons. The number of nitrogens with two attached hydrogens (primary N) is 1. The molecule has 0 saturated heterocycles. The Bertz CT molecular complexity index is 269. The van der Waals surface area contributed by atoms with E-state index in [0.29, 0.717) is 0 Å². The number of anilines is 1. The molecule has 0 aromatic heterocycles. The van der Waals surface area contributed by atoms with E-state index in [1.54, 1.807) is 0 Å². The minimum absolute atomic E-state index is 0.168. The average Bonchev–Trinajstić information content (AvgIpc) is 2.25. The third-order valence-corrected chi connectivity index (χ3v) is 1.96. The fourth-order valence-electron chi connectivity index (χ4n) is 1.17. The largest absolute Gasteiger partial charge is 0.494 e. The maximum absolute atomic E-state index is 5.65. The van der Waals surface area contributed by atoms with Crippen LogP contribution in [-0.2, 0) is 0 Å². The molecule has 0 aliphatic heterocycles. The van der Waals surface area contributed by atoms with Crippen LogP contribution in [0.5, 0.6) is 5.75 Å². The lowest BCUT2D eigenvalue weighted by Gasteiger charge is -2.10. The van der Waals surface area contributed by atoms with Crippen molar-refractivity contribution in [3.05, 3.63) is 24.3 Å². The standard InChI is InChI=1S/C12H20N2O/c1-3-8-15-12-6-4-11(5-7-12)14-9-10(2)13/h4-7,10,14H,3,8-9,13H2,1-2H3. The molecule has 1 atom stereocenters. The van der Waals surface area contributed by atoms with E-state index in [1.807, 2.05) is 31.2 Å². The summed E-state index contributed by atoms with van der Waals surface area (Å²) in [6.07, 6.45) is 1.03. The van der Waals surface area contributed by atoms with Gasteiger partial charge in [0.05, 0.1) is 6.61 Å². The van der Waals surface area contributed by atoms with E-state index in [-0.39, 0.29) is 6.04 Å². The Hall–Kier alpha value is -1.22. The van der Waals surface area contributed by atoms with Gasteiger partial charge in [0, 0.05) is 18.3 Å². The molecule has 0 spiro atoms. The van der Waals surface area contributed by atoms with Crippen LogP contribution in [0.15, 0.2) is 24.3 Å². The van der Waals surface area contributed by atoms with Crippen LogP contribution in [0.4, 0.5) is 5.69 Å². The maximum Gasteiger partial charge on any atom is 0.119 e. The summed E-state index contributed by atoms with van der Waals surface area (Å²) < 4.78 is 5.48. The van der Waals surface area contributed by atoms with E-state index < -0.39 is 0 Å². The predicted octanol–water partition coefficient (Wildman–Crippen LogP) is 2.23. The maximum atomic E-state index is 5.65. The van der Waals surface area contributed by atoms with Gasteiger partial charge in [-0.15, -0.1) is 0 Å². The van der Waals surface area contributed by atoms with E-state index in [4.69, 9.17) is 10.5 Å². The van der Waals surface area contributed by atoms with Crippen molar-refractivity contribution in [2.24, 2.45) is 5.73 Å². The molecule has 0 radical (unpaired) electrons. The molecule has 1 aromatic rings. The molecule has 0 aliphatic carbocycles. The van der Waals surface area contributed by atoms with E-state index in [0.717, 1.165) is 31.0 Å². The third kappa shape index (κ3) is 4.70. The van der Waals surface area contributed by atoms with Crippen molar-refractivity contribution in [3.63, 3.8) is 0 Å². The molecule has 0 saturated carbocycles. The summed E-state index contributed by atoms with van der Waals surface area (Å²) in [5, 5.41) is 3.25. The van der Waals surface area contributed by atoms with E-state index in [9.17, 15) is 0 Å². The van der Waals surface area contributed by atoms with Crippen LogP contribution in [0.2, 0.25) is 0 Å². The zero-order valence-corrected chi connectivity index (χ0v) is 9.49. The Morgan fingerprint density at radius 1 is 1.33 bits per heavy atom. The highest BCUT2D eigenvalue weighted by Crippen LogP contribution is 2.15. The Kier molecular flexibility index (Phi) is 4.98. The molecule has 15 heavy (non-hydrogen) atoms. The first-order valence-corrected chi connectivity index (χ1v) is 5.44. The molecule has 0 aliphatic rings. The SMILES string of the molecule is CCCOc1ccc(NCC(C)N)cc1. The molecule has 1 unspecified atom stereocenters. The summed E-state index contributed by atoms with van der Waals surface area (Å²) in [6, 6.07) is 8.13. The van der Waals surface area contributed by atoms with Gasteiger partial charge < -0.3 is 15.8 Å². The van der Waals surface area contributed by atoms with Gasteiger partial charge in [0.15, 0.2) is 0 Å². The Morgan fingerprint density at radius 3 is 2.53 bits per heavy atom. The van der Waals surface area contributed by atoms with Gasteiger partial charge >= 0.3 is 0 Å². The molecule has 1 rings (SSSR count). The highest BCUT2D eigenvalue weighted by Gasteiger charge is 1.96. The zero-order valence-electron chi connectivity index (χ0n) is 9.49. The first-order chi connectivity index (χ1) is 7.22. The van der Waals surface area contributed by atoms with Crippen molar-refractivity contribution >= 4 is 5.69 Å². The fraction of sp³-hybridized carbons (Fsp3) is 0.500. The van der Waals surface area contributed by atoms with Crippen LogP contribution < -0.4 is 15.8 Å². The van der Waals surface area contributed by atoms with Crippen molar-refractivity contribution in [2.75, 3.05) is 18.5 Å². The summed E-state index contributed by atoms with van der Waals surface area (Å²) in [6.45, 7) is 5.63. The molecule has 0 amide bonds. The van der Waals surface area contributed by atoms with Crippen LogP contribution in [0.25, 0.3) is 0 Å². The second-order valence-electron chi connectivity index (χ2n) is 3.73. The molecule has 3 nitrogen and oxygen atoms in total. The lowest BCUT2D eigenvalue weighted by molar-refractivity contribution is 0.317. The minimum Gasteiger partial charge on any atom is -0.494 e. The molecule has 0 fully saturated rings. The summed E-state index contributed by atoms with van der Waals surface area (Å²) in [4.78, 5) is 0. The summed E-state index contributed by atoms with van der Waals surface area (Å²) in [5.41, 5.74) is 6.73. The molecular formula is C12H20N2O. The van der Waals surface area contributed by atoms with Crippen molar-refractivity contribution in [3.8, 4) is 5.75 Å². The van der Waals surface area contributed by atoms with Crippen LogP contribution in [0, 0.1) is 0 Å². The summed E-state index contributed by atoms with van der Waals surface area (Å²) in [7, 11) is 0. The number of ether oxygens (including phenoxy) is 1. The van der Waals surface area contributed by atoms with Gasteiger partial charge in [-0.3, -0.25) is 0 Å². The number of rotatable bonds is 6. The second kappa shape index (κ2) is 6.30. The molecule has 3 heteroatoms. The fourth-order valence-corrected chi connectivity index (χ4v) is 1.17. The van der Waals surface area contributed by atoms with Crippen LogP contribution in [-0.4, -0.2) is 19.2 Å². The van der Waals surface area contributed by atoms with Gasteiger partial charge in [-0.05, 0) is 37.6 Å². The van der Waals surface area contributed by atoms with Gasteiger partial charge in [-0.1, -0.05) is 6.92 Å². The topological polar surface area (TPSA) is 47.3 Å². The lowest BCUT2D eigenvalue weighted by Crippen LogP contribution is -2.25. The van der Waals surface area contributed by atoms with Gasteiger partial charge in [-0.2, -0.15) is 0 Å². The average molecular weight is 208 g/mol. The normalized spacial score (nSPS) is 12.2. The van der Waals surface area contributed by atoms with Crippen molar-refractivity contribution in [1.82, 2.24) is 0 Å². The smallest absolute Gasteiger partial charge is 0.119 e. The summed E-state index contributed by atoms with van der Waals surface area (Å²) in [5.74, 6) is 0.920. The molecule has 0 heterocycles. The lowest BCUT2D eigenvalue weighted by atomic mass is 10.3. The van der Waals surface area contributed by atoms with Gasteiger partial charge in [0.2, 0.25) is 0 Å². The first kappa shape index (κ1) is 11.9. The van der Waals surface area contributed by atoms with Gasteiger partial charge in [0.1, 0.15) is 5.75 Å². The van der Waals surface area contributed by atoms with Crippen LogP contribution in [0.1, 0.15) is 20.3 Å². The Balaban J connectivity index is 2.41. The number of nitrogens with one attached hydrogen (secondary N) is 1. The highest BCUT2D eigenvalue weighted by molar-refractivity contribution is 5.46. The Labute approximate surface area is 91.6 Å².